The fraction of sp³-hybridized carbons (Fsp3) is 0.333. The molecule has 2 fully saturated rings. The van der Waals surface area contributed by atoms with E-state index in [0.717, 1.165) is 18.1 Å². The van der Waals surface area contributed by atoms with E-state index < -0.39 is 0 Å². The molecule has 0 bridgehead atoms. The fourth-order valence-electron chi connectivity index (χ4n) is 2.28. The molecule has 3 rings (SSSR count). The maximum atomic E-state index is 12.5. The van der Waals surface area contributed by atoms with Crippen LogP contribution in [0.3, 0.4) is 0 Å². The lowest BCUT2D eigenvalue weighted by Crippen LogP contribution is -2.38. The van der Waals surface area contributed by atoms with Crippen LogP contribution in [-0.4, -0.2) is 33.6 Å². The van der Waals surface area contributed by atoms with Crippen molar-refractivity contribution >= 4 is 63.9 Å². The van der Waals surface area contributed by atoms with Gasteiger partial charge in [-0.1, -0.05) is 23.2 Å². The molecular weight excluding hydrogens is 323 g/mol. The standard InChI is InChI=1S/C12H10Cl2N2OS2/c13-8-2-1-7(5-9(8)14)16-11(17)10-3-4-19-6-15(10)12(16)18/h1-2,5,10H,3-4,6H2. The Kier molecular flexibility index (Phi) is 3.64. The van der Waals surface area contributed by atoms with E-state index in [4.69, 9.17) is 35.4 Å². The average Bonchev–Trinajstić information content (AvgIpc) is 2.66. The number of anilines is 1. The third-order valence-electron chi connectivity index (χ3n) is 3.25. The molecule has 1 atom stereocenters. The molecule has 1 aromatic carbocycles. The molecule has 1 amide bonds. The van der Waals surface area contributed by atoms with Crippen molar-refractivity contribution in [3.05, 3.63) is 28.2 Å². The van der Waals surface area contributed by atoms with Crippen molar-refractivity contribution in [1.82, 2.24) is 4.90 Å². The van der Waals surface area contributed by atoms with Crippen LogP contribution in [0, 0.1) is 0 Å². The Bertz CT molecular complexity index is 543. The van der Waals surface area contributed by atoms with Crippen molar-refractivity contribution in [2.45, 2.75) is 12.5 Å². The van der Waals surface area contributed by atoms with Crippen LogP contribution in [0.2, 0.25) is 10.0 Å². The molecule has 2 aliphatic heterocycles. The molecule has 7 heteroatoms. The largest absolute Gasteiger partial charge is 0.327 e. The van der Waals surface area contributed by atoms with Gasteiger partial charge in [0, 0.05) is 0 Å². The summed E-state index contributed by atoms with van der Waals surface area (Å²) < 4.78 is 0. The van der Waals surface area contributed by atoms with Gasteiger partial charge in [0.05, 0.1) is 21.6 Å². The molecule has 2 aliphatic rings. The highest BCUT2D eigenvalue weighted by Crippen LogP contribution is 2.34. The van der Waals surface area contributed by atoms with Crippen molar-refractivity contribution < 1.29 is 4.79 Å². The molecule has 0 aliphatic carbocycles. The molecule has 0 spiro atoms. The van der Waals surface area contributed by atoms with Gasteiger partial charge in [-0.05, 0) is 42.6 Å². The minimum Gasteiger partial charge on any atom is -0.327 e. The first kappa shape index (κ1) is 13.5. The van der Waals surface area contributed by atoms with Crippen LogP contribution in [0.4, 0.5) is 5.69 Å². The Hall–Kier alpha value is -0.490. The summed E-state index contributed by atoms with van der Waals surface area (Å²) in [6.45, 7) is 0. The summed E-state index contributed by atoms with van der Waals surface area (Å²) in [4.78, 5) is 16.0. The molecule has 19 heavy (non-hydrogen) atoms. The number of rotatable bonds is 1. The molecule has 2 heterocycles. The van der Waals surface area contributed by atoms with E-state index in [1.165, 1.54) is 0 Å². The molecule has 2 saturated heterocycles. The van der Waals surface area contributed by atoms with E-state index in [1.807, 2.05) is 4.90 Å². The lowest BCUT2D eigenvalue weighted by atomic mass is 10.2. The summed E-state index contributed by atoms with van der Waals surface area (Å²) in [5, 5.41) is 1.45. The van der Waals surface area contributed by atoms with Crippen molar-refractivity contribution in [2.24, 2.45) is 0 Å². The van der Waals surface area contributed by atoms with Crippen LogP contribution in [0.15, 0.2) is 18.2 Å². The van der Waals surface area contributed by atoms with Crippen LogP contribution in [0.1, 0.15) is 6.42 Å². The summed E-state index contributed by atoms with van der Waals surface area (Å²) in [7, 11) is 0. The number of carbonyl (C=O) groups is 1. The van der Waals surface area contributed by atoms with Gasteiger partial charge in [-0.2, -0.15) is 0 Å². The van der Waals surface area contributed by atoms with Gasteiger partial charge in [0.15, 0.2) is 5.11 Å². The highest BCUT2D eigenvalue weighted by molar-refractivity contribution is 7.99. The molecule has 0 saturated carbocycles. The van der Waals surface area contributed by atoms with Gasteiger partial charge in [-0.15, -0.1) is 11.8 Å². The monoisotopic (exact) mass is 332 g/mol. The summed E-state index contributed by atoms with van der Waals surface area (Å²) >= 11 is 19.1. The molecule has 0 N–H and O–H groups in total. The quantitative estimate of drug-likeness (QED) is 0.735. The average molecular weight is 333 g/mol. The predicted molar refractivity (Wildman–Crippen MR) is 84.1 cm³/mol. The fourth-order valence-corrected chi connectivity index (χ4v) is 4.06. The highest BCUT2D eigenvalue weighted by atomic mass is 35.5. The van der Waals surface area contributed by atoms with Gasteiger partial charge < -0.3 is 4.90 Å². The molecule has 0 radical (unpaired) electrons. The van der Waals surface area contributed by atoms with E-state index in [9.17, 15) is 4.79 Å². The predicted octanol–water partition coefficient (Wildman–Crippen LogP) is 3.39. The van der Waals surface area contributed by atoms with Crippen LogP contribution < -0.4 is 4.90 Å². The zero-order valence-corrected chi connectivity index (χ0v) is 13.0. The second kappa shape index (κ2) is 5.13. The van der Waals surface area contributed by atoms with Crippen molar-refractivity contribution in [2.75, 3.05) is 16.5 Å². The molecule has 100 valence electrons. The van der Waals surface area contributed by atoms with Gasteiger partial charge in [-0.3, -0.25) is 9.69 Å². The van der Waals surface area contributed by atoms with Crippen LogP contribution in [-0.2, 0) is 4.79 Å². The molecule has 0 aromatic heterocycles. The number of benzene rings is 1. The Labute approximate surface area is 130 Å². The number of nitrogens with zero attached hydrogens (tertiary/aromatic N) is 2. The number of thiocarbonyl (C=S) groups is 1. The number of hydrogen-bond donors (Lipinski definition) is 0. The van der Waals surface area contributed by atoms with Crippen LogP contribution >= 0.6 is 47.2 Å². The summed E-state index contributed by atoms with van der Waals surface area (Å²) in [6.07, 6.45) is 0.835. The van der Waals surface area contributed by atoms with Crippen LogP contribution in [0.5, 0.6) is 0 Å². The summed E-state index contributed by atoms with van der Waals surface area (Å²) in [5.41, 5.74) is 0.684. The highest BCUT2D eigenvalue weighted by Gasteiger charge is 2.44. The van der Waals surface area contributed by atoms with E-state index in [2.05, 4.69) is 0 Å². The Morgan fingerprint density at radius 3 is 2.79 bits per heavy atom. The van der Waals surface area contributed by atoms with Crippen molar-refractivity contribution in [3.63, 3.8) is 0 Å². The zero-order valence-electron chi connectivity index (χ0n) is 9.81. The first-order valence-electron chi connectivity index (χ1n) is 5.77. The van der Waals surface area contributed by atoms with Gasteiger partial charge in [0.2, 0.25) is 0 Å². The first-order chi connectivity index (χ1) is 9.09. The van der Waals surface area contributed by atoms with Gasteiger partial charge in [0.1, 0.15) is 6.04 Å². The van der Waals surface area contributed by atoms with E-state index in [-0.39, 0.29) is 11.9 Å². The SMILES string of the molecule is O=C1C2CCSCN2C(=S)N1c1ccc(Cl)c(Cl)c1. The first-order valence-corrected chi connectivity index (χ1v) is 8.09. The maximum absolute atomic E-state index is 12.5. The number of fused-ring (bicyclic) bond motifs is 1. The third kappa shape index (κ3) is 2.23. The van der Waals surface area contributed by atoms with E-state index in [0.29, 0.717) is 20.8 Å². The molecular formula is C12H10Cl2N2OS2. The molecule has 3 nitrogen and oxygen atoms in total. The van der Waals surface area contributed by atoms with E-state index in [1.54, 1.807) is 34.9 Å². The van der Waals surface area contributed by atoms with Gasteiger partial charge in [-0.25, -0.2) is 0 Å². The second-order valence-corrected chi connectivity index (χ2v) is 6.62. The van der Waals surface area contributed by atoms with E-state index >= 15 is 0 Å². The Morgan fingerprint density at radius 1 is 1.32 bits per heavy atom. The molecule has 1 unspecified atom stereocenters. The Balaban J connectivity index is 1.98. The van der Waals surface area contributed by atoms with Gasteiger partial charge >= 0.3 is 0 Å². The summed E-state index contributed by atoms with van der Waals surface area (Å²) in [5.74, 6) is 1.79. The number of hydrogen-bond acceptors (Lipinski definition) is 3. The molecule has 1 aromatic rings. The lowest BCUT2D eigenvalue weighted by Gasteiger charge is -2.27. The van der Waals surface area contributed by atoms with Gasteiger partial charge in [0.25, 0.3) is 5.91 Å². The minimum absolute atomic E-state index is 0.0312. The van der Waals surface area contributed by atoms with Crippen LogP contribution in [0.25, 0.3) is 0 Å². The van der Waals surface area contributed by atoms with Crippen molar-refractivity contribution in [1.29, 1.82) is 0 Å². The topological polar surface area (TPSA) is 23.6 Å². The second-order valence-electron chi connectivity index (χ2n) is 4.37. The number of carbonyl (C=O) groups excluding carboxylic acids is 1. The third-order valence-corrected chi connectivity index (χ3v) is 5.39. The lowest BCUT2D eigenvalue weighted by molar-refractivity contribution is -0.119. The normalized spacial score (nSPS) is 22.9. The van der Waals surface area contributed by atoms with Crippen molar-refractivity contribution in [3.8, 4) is 0 Å². The smallest absolute Gasteiger partial charge is 0.256 e. The summed E-state index contributed by atoms with van der Waals surface area (Å²) in [6, 6.07) is 5.01. The number of amides is 1. The zero-order chi connectivity index (χ0) is 13.6. The Morgan fingerprint density at radius 2 is 2.11 bits per heavy atom. The minimum atomic E-state index is -0.122. The maximum Gasteiger partial charge on any atom is 0.256 e. The number of thioether (sulfide) groups is 1. The number of halogens is 2.